The summed E-state index contributed by atoms with van der Waals surface area (Å²) in [5.74, 6) is -0.759. The van der Waals surface area contributed by atoms with Crippen LogP contribution in [0.2, 0.25) is 5.02 Å². The first kappa shape index (κ1) is 24.1. The molecule has 1 aromatic heterocycles. The van der Waals surface area contributed by atoms with Crippen LogP contribution in [0.4, 0.5) is 18.3 Å². The fourth-order valence-corrected chi connectivity index (χ4v) is 5.63. The summed E-state index contributed by atoms with van der Waals surface area (Å²) in [4.78, 5) is 0. The van der Waals surface area contributed by atoms with E-state index in [0.29, 0.717) is 10.6 Å². The Bertz CT molecular complexity index is 1230. The van der Waals surface area contributed by atoms with E-state index in [2.05, 4.69) is 15.5 Å². The highest BCUT2D eigenvalue weighted by Crippen LogP contribution is 2.60. The smallest absolute Gasteiger partial charge is 0.414 e. The van der Waals surface area contributed by atoms with Crippen molar-refractivity contribution in [3.63, 3.8) is 0 Å². The molecule has 1 unspecified atom stereocenters. The van der Waals surface area contributed by atoms with Crippen molar-refractivity contribution in [1.82, 2.24) is 10.2 Å². The molecule has 0 fully saturated rings. The molecule has 0 amide bonds. The number of alkyl halides is 3. The molecule has 1 heterocycles. The molecule has 6 nitrogen and oxygen atoms in total. The maximum atomic E-state index is 14.3. The van der Waals surface area contributed by atoms with Gasteiger partial charge in [-0.05, 0) is 42.0 Å². The highest BCUT2D eigenvalue weighted by molar-refractivity contribution is 7.55. The Hall–Kier alpha value is -3.07. The van der Waals surface area contributed by atoms with Gasteiger partial charge in [-0.2, -0.15) is 13.2 Å². The number of hydrogen-bond acceptors (Lipinski definition) is 7. The maximum absolute atomic E-state index is 14.3. The average Bonchev–Trinajstić information content (AvgIpc) is 3.29. The Morgan fingerprint density at radius 3 is 1.85 bits per heavy atom. The zero-order valence-corrected chi connectivity index (χ0v) is 19.6. The van der Waals surface area contributed by atoms with Crippen LogP contribution in [-0.2, 0) is 10.7 Å². The molecule has 0 saturated carbocycles. The molecule has 1 N–H and O–H groups in total. The molecule has 0 bridgehead atoms. The van der Waals surface area contributed by atoms with Gasteiger partial charge >= 0.3 is 13.8 Å². The van der Waals surface area contributed by atoms with Crippen molar-refractivity contribution in [3.8, 4) is 11.5 Å². The number of anilines is 1. The van der Waals surface area contributed by atoms with Gasteiger partial charge in [-0.1, -0.05) is 71.5 Å². The fourth-order valence-electron chi connectivity index (χ4n) is 2.88. The molecule has 0 aliphatic rings. The van der Waals surface area contributed by atoms with Crippen LogP contribution in [0.5, 0.6) is 11.5 Å². The van der Waals surface area contributed by atoms with Crippen LogP contribution >= 0.6 is 30.5 Å². The summed E-state index contributed by atoms with van der Waals surface area (Å²) < 4.78 is 65.3. The SMILES string of the molecule is O=P(Oc1ccccc1)(Oc1ccccc1)C(Nc1nnc(C(F)(F)F)s1)c1ccc(Cl)cc1. The predicted molar refractivity (Wildman–Crippen MR) is 124 cm³/mol. The first-order chi connectivity index (χ1) is 16.2. The van der Waals surface area contributed by atoms with E-state index < -0.39 is 24.6 Å². The lowest BCUT2D eigenvalue weighted by molar-refractivity contribution is -0.138. The van der Waals surface area contributed by atoms with Crippen LogP contribution < -0.4 is 14.4 Å². The minimum absolute atomic E-state index is 0.208. The molecule has 176 valence electrons. The van der Waals surface area contributed by atoms with Gasteiger partial charge in [-0.25, -0.2) is 4.57 Å². The Kier molecular flexibility index (Phi) is 7.11. The van der Waals surface area contributed by atoms with Crippen LogP contribution in [0.15, 0.2) is 84.9 Å². The number of rotatable bonds is 8. The van der Waals surface area contributed by atoms with E-state index in [1.807, 2.05) is 0 Å². The second-order valence-electron chi connectivity index (χ2n) is 6.86. The molecule has 34 heavy (non-hydrogen) atoms. The summed E-state index contributed by atoms with van der Waals surface area (Å²) in [6.07, 6.45) is -4.67. The van der Waals surface area contributed by atoms with Crippen LogP contribution in [0.1, 0.15) is 16.4 Å². The standard InChI is InChI=1S/C22H16ClF3N3O3PS/c23-16-13-11-15(12-14-16)19(27-21-29-28-20(34-21)22(24,25)26)33(30,31-17-7-3-1-4-8-17)32-18-9-5-2-6-10-18/h1-14,19H,(H,27,29). The summed E-state index contributed by atoms with van der Waals surface area (Å²) in [6, 6.07) is 22.9. The van der Waals surface area contributed by atoms with Gasteiger partial charge in [-0.15, -0.1) is 10.2 Å². The quantitative estimate of drug-likeness (QED) is 0.238. The van der Waals surface area contributed by atoms with Gasteiger partial charge in [0.25, 0.3) is 0 Å². The number of nitrogens with zero attached hydrogens (tertiary/aromatic N) is 2. The number of nitrogens with one attached hydrogen (secondary N) is 1. The monoisotopic (exact) mass is 525 g/mol. The number of aromatic nitrogens is 2. The van der Waals surface area contributed by atoms with Crippen LogP contribution in [0.25, 0.3) is 0 Å². The largest absolute Gasteiger partial charge is 0.457 e. The van der Waals surface area contributed by atoms with Crippen molar-refractivity contribution < 1.29 is 26.8 Å². The zero-order valence-electron chi connectivity index (χ0n) is 17.1. The van der Waals surface area contributed by atoms with E-state index in [0.717, 1.165) is 0 Å². The third-order valence-corrected chi connectivity index (χ3v) is 7.52. The summed E-state index contributed by atoms with van der Waals surface area (Å²) in [5, 5.41) is 8.60. The Morgan fingerprint density at radius 1 is 0.853 bits per heavy atom. The van der Waals surface area contributed by atoms with E-state index in [9.17, 15) is 17.7 Å². The molecular weight excluding hydrogens is 510 g/mol. The summed E-state index contributed by atoms with van der Waals surface area (Å²) in [5.41, 5.74) is 0.392. The Morgan fingerprint density at radius 2 is 1.38 bits per heavy atom. The fraction of sp³-hybridized carbons (Fsp3) is 0.0909. The van der Waals surface area contributed by atoms with Crippen LogP contribution in [-0.4, -0.2) is 10.2 Å². The van der Waals surface area contributed by atoms with Gasteiger partial charge in [0.05, 0.1) is 0 Å². The summed E-state index contributed by atoms with van der Waals surface area (Å²) >= 11 is 6.28. The molecule has 1 atom stereocenters. The van der Waals surface area contributed by atoms with Crippen molar-refractivity contribution in [3.05, 3.63) is 101 Å². The molecule has 4 aromatic rings. The van der Waals surface area contributed by atoms with E-state index in [4.69, 9.17) is 20.6 Å². The third-order valence-electron chi connectivity index (χ3n) is 4.38. The second kappa shape index (κ2) is 10.0. The Balaban J connectivity index is 1.78. The van der Waals surface area contributed by atoms with Crippen molar-refractivity contribution in [2.75, 3.05) is 5.32 Å². The lowest BCUT2D eigenvalue weighted by Crippen LogP contribution is -2.18. The highest BCUT2D eigenvalue weighted by Gasteiger charge is 2.42. The lowest BCUT2D eigenvalue weighted by Gasteiger charge is -2.28. The van der Waals surface area contributed by atoms with E-state index >= 15 is 0 Å². The minimum atomic E-state index is -4.67. The van der Waals surface area contributed by atoms with Gasteiger partial charge in [0, 0.05) is 5.02 Å². The molecule has 0 aliphatic heterocycles. The van der Waals surface area contributed by atoms with Crippen LogP contribution in [0.3, 0.4) is 0 Å². The van der Waals surface area contributed by atoms with Crippen molar-refractivity contribution >= 4 is 35.7 Å². The van der Waals surface area contributed by atoms with Crippen molar-refractivity contribution in [1.29, 1.82) is 0 Å². The number of para-hydroxylation sites is 2. The second-order valence-corrected chi connectivity index (χ2v) is 10.2. The highest BCUT2D eigenvalue weighted by atomic mass is 35.5. The van der Waals surface area contributed by atoms with Gasteiger partial charge in [0.15, 0.2) is 5.78 Å². The third kappa shape index (κ3) is 5.88. The predicted octanol–water partition coefficient (Wildman–Crippen LogP) is 7.67. The molecule has 0 spiro atoms. The van der Waals surface area contributed by atoms with E-state index in [-0.39, 0.29) is 28.0 Å². The van der Waals surface area contributed by atoms with Gasteiger partial charge in [0.1, 0.15) is 11.5 Å². The van der Waals surface area contributed by atoms with Gasteiger partial charge < -0.3 is 14.4 Å². The van der Waals surface area contributed by atoms with Crippen LogP contribution in [0, 0.1) is 0 Å². The molecule has 4 rings (SSSR count). The minimum Gasteiger partial charge on any atom is -0.414 e. The van der Waals surface area contributed by atoms with E-state index in [1.54, 1.807) is 84.9 Å². The molecule has 0 radical (unpaired) electrons. The Labute approximate surface area is 201 Å². The number of benzene rings is 3. The van der Waals surface area contributed by atoms with Gasteiger partial charge in [0.2, 0.25) is 10.1 Å². The lowest BCUT2D eigenvalue weighted by atomic mass is 10.2. The molecule has 3 aromatic carbocycles. The van der Waals surface area contributed by atoms with E-state index in [1.165, 1.54) is 0 Å². The number of hydrogen-bond donors (Lipinski definition) is 1. The van der Waals surface area contributed by atoms with Crippen molar-refractivity contribution in [2.24, 2.45) is 0 Å². The normalized spacial score (nSPS) is 12.7. The first-order valence-electron chi connectivity index (χ1n) is 9.75. The maximum Gasteiger partial charge on any atom is 0.457 e. The molecule has 0 saturated heterocycles. The topological polar surface area (TPSA) is 73.3 Å². The number of halogens is 4. The summed E-state index contributed by atoms with van der Waals surface area (Å²) in [7, 11) is -4.20. The molecule has 12 heteroatoms. The van der Waals surface area contributed by atoms with Crippen molar-refractivity contribution in [2.45, 2.75) is 12.0 Å². The first-order valence-corrected chi connectivity index (χ1v) is 12.6. The molecule has 0 aliphatic carbocycles. The van der Waals surface area contributed by atoms with Gasteiger partial charge in [-0.3, -0.25) is 0 Å². The molecular formula is C22H16ClF3N3O3PS. The average molecular weight is 526 g/mol. The summed E-state index contributed by atoms with van der Waals surface area (Å²) in [6.45, 7) is 0. The zero-order chi connectivity index (χ0) is 24.2.